The van der Waals surface area contributed by atoms with E-state index in [0.29, 0.717) is 16.9 Å². The summed E-state index contributed by atoms with van der Waals surface area (Å²) in [5.41, 5.74) is 3.16. The number of nitrogens with zero attached hydrogens (tertiary/aromatic N) is 1. The topological polar surface area (TPSA) is 49.4 Å². The van der Waals surface area contributed by atoms with Gasteiger partial charge in [-0.05, 0) is 48.9 Å². The van der Waals surface area contributed by atoms with E-state index in [1.165, 1.54) is 24.3 Å². The fourth-order valence-corrected chi connectivity index (χ4v) is 3.12. The monoisotopic (exact) mass is 372 g/mol. The molecule has 1 aliphatic rings. The molecular weight excluding hydrogens is 355 g/mol. The highest BCUT2D eigenvalue weighted by Crippen LogP contribution is 2.33. The Balaban J connectivity index is 1.80. The molecule has 1 N–H and O–H groups in total. The summed E-state index contributed by atoms with van der Waals surface area (Å²) in [5, 5.41) is 3.01. The van der Waals surface area contributed by atoms with Crippen LogP contribution in [0.5, 0.6) is 0 Å². The molecule has 0 spiro atoms. The Labute approximate surface area is 161 Å². The Kier molecular flexibility index (Phi) is 4.49. The molecule has 0 atom stereocenters. The molecule has 0 aliphatic carbocycles. The molecule has 0 saturated carbocycles. The highest BCUT2D eigenvalue weighted by molar-refractivity contribution is 6.46. The normalized spacial score (nSPS) is 14.0. The van der Waals surface area contributed by atoms with Gasteiger partial charge in [-0.25, -0.2) is 9.29 Å². The second kappa shape index (κ2) is 7.12. The quantitative estimate of drug-likeness (QED) is 0.685. The summed E-state index contributed by atoms with van der Waals surface area (Å²) in [5.74, 6) is -1.22. The molecule has 138 valence electrons. The van der Waals surface area contributed by atoms with Crippen LogP contribution in [0.1, 0.15) is 11.1 Å². The zero-order chi connectivity index (χ0) is 19.7. The van der Waals surface area contributed by atoms with Gasteiger partial charge in [0.05, 0.1) is 11.3 Å². The van der Waals surface area contributed by atoms with E-state index in [0.717, 1.165) is 10.5 Å². The zero-order valence-corrected chi connectivity index (χ0v) is 15.1. The minimum atomic E-state index is -0.447. The van der Waals surface area contributed by atoms with Gasteiger partial charge in [0.1, 0.15) is 11.5 Å². The van der Waals surface area contributed by atoms with Gasteiger partial charge in [0.25, 0.3) is 11.8 Å². The third-order valence-electron chi connectivity index (χ3n) is 4.55. The Morgan fingerprint density at radius 1 is 0.786 bits per heavy atom. The lowest BCUT2D eigenvalue weighted by atomic mass is 10.0. The summed E-state index contributed by atoms with van der Waals surface area (Å²) < 4.78 is 13.2. The van der Waals surface area contributed by atoms with Crippen molar-refractivity contribution >= 4 is 28.8 Å². The van der Waals surface area contributed by atoms with Crippen molar-refractivity contribution in [2.45, 2.75) is 6.92 Å². The molecular formula is C23H17FN2O2. The van der Waals surface area contributed by atoms with Crippen molar-refractivity contribution in [2.24, 2.45) is 0 Å². The summed E-state index contributed by atoms with van der Waals surface area (Å²) in [6, 6.07) is 21.9. The first-order chi connectivity index (χ1) is 13.5. The number of carbonyl (C=O) groups is 2. The number of benzene rings is 3. The Bertz CT molecular complexity index is 1070. The minimum Gasteiger partial charge on any atom is -0.350 e. The molecule has 1 aliphatic heterocycles. The van der Waals surface area contributed by atoms with Crippen LogP contribution in [0.2, 0.25) is 0 Å². The van der Waals surface area contributed by atoms with Crippen LogP contribution in [0.4, 0.5) is 15.8 Å². The zero-order valence-electron chi connectivity index (χ0n) is 15.1. The SMILES string of the molecule is Cc1ccc(N2C(=O)C(Nc3ccc(F)cc3)=C(c3ccccc3)C2=O)cc1. The molecule has 3 aromatic carbocycles. The van der Waals surface area contributed by atoms with Crippen LogP contribution in [0.25, 0.3) is 5.57 Å². The first-order valence-corrected chi connectivity index (χ1v) is 8.82. The molecule has 0 aromatic heterocycles. The van der Waals surface area contributed by atoms with Crippen molar-refractivity contribution in [2.75, 3.05) is 10.2 Å². The lowest BCUT2D eigenvalue weighted by Gasteiger charge is -2.15. The highest BCUT2D eigenvalue weighted by Gasteiger charge is 2.40. The summed E-state index contributed by atoms with van der Waals surface area (Å²) in [6.07, 6.45) is 0. The van der Waals surface area contributed by atoms with Crippen LogP contribution in [-0.2, 0) is 9.59 Å². The van der Waals surface area contributed by atoms with Gasteiger partial charge in [-0.3, -0.25) is 9.59 Å². The van der Waals surface area contributed by atoms with E-state index in [-0.39, 0.29) is 17.1 Å². The average molecular weight is 372 g/mol. The van der Waals surface area contributed by atoms with Crippen molar-refractivity contribution in [3.8, 4) is 0 Å². The van der Waals surface area contributed by atoms with Gasteiger partial charge in [0.15, 0.2) is 0 Å². The molecule has 28 heavy (non-hydrogen) atoms. The number of carbonyl (C=O) groups excluding carboxylic acids is 2. The van der Waals surface area contributed by atoms with Crippen LogP contribution in [-0.4, -0.2) is 11.8 Å². The number of nitrogens with one attached hydrogen (secondary N) is 1. The van der Waals surface area contributed by atoms with Crippen molar-refractivity contribution < 1.29 is 14.0 Å². The predicted molar refractivity (Wildman–Crippen MR) is 107 cm³/mol. The first-order valence-electron chi connectivity index (χ1n) is 8.82. The summed E-state index contributed by atoms with van der Waals surface area (Å²) in [7, 11) is 0. The van der Waals surface area contributed by atoms with Crippen LogP contribution >= 0.6 is 0 Å². The van der Waals surface area contributed by atoms with Gasteiger partial charge in [0, 0.05) is 5.69 Å². The van der Waals surface area contributed by atoms with Crippen molar-refractivity contribution in [1.29, 1.82) is 0 Å². The fourth-order valence-electron chi connectivity index (χ4n) is 3.12. The van der Waals surface area contributed by atoms with Crippen molar-refractivity contribution in [1.82, 2.24) is 0 Å². The second-order valence-corrected chi connectivity index (χ2v) is 6.53. The Morgan fingerprint density at radius 2 is 1.43 bits per heavy atom. The summed E-state index contributed by atoms with van der Waals surface area (Å²) in [4.78, 5) is 27.5. The maximum Gasteiger partial charge on any atom is 0.282 e. The number of hydrogen-bond acceptors (Lipinski definition) is 3. The average Bonchev–Trinajstić information content (AvgIpc) is 2.95. The minimum absolute atomic E-state index is 0.170. The number of amides is 2. The van der Waals surface area contributed by atoms with Gasteiger partial charge in [-0.1, -0.05) is 48.0 Å². The Hall–Kier alpha value is -3.73. The number of imide groups is 1. The van der Waals surface area contributed by atoms with Crippen LogP contribution < -0.4 is 10.2 Å². The number of rotatable bonds is 4. The third kappa shape index (κ3) is 3.18. The molecule has 5 heteroatoms. The van der Waals surface area contributed by atoms with Crippen LogP contribution in [0.3, 0.4) is 0 Å². The highest BCUT2D eigenvalue weighted by atomic mass is 19.1. The third-order valence-corrected chi connectivity index (χ3v) is 4.55. The van der Waals surface area contributed by atoms with Gasteiger partial charge in [-0.2, -0.15) is 0 Å². The van der Waals surface area contributed by atoms with E-state index in [4.69, 9.17) is 0 Å². The second-order valence-electron chi connectivity index (χ2n) is 6.53. The lowest BCUT2D eigenvalue weighted by molar-refractivity contribution is -0.120. The number of anilines is 2. The standard InChI is InChI=1S/C23H17FN2O2/c1-15-7-13-19(14-8-15)26-22(27)20(16-5-3-2-4-6-16)21(23(26)28)25-18-11-9-17(24)10-12-18/h2-14,25H,1H3. The maximum absolute atomic E-state index is 13.2. The number of aryl methyl sites for hydroxylation is 1. The van der Waals surface area contributed by atoms with E-state index in [2.05, 4.69) is 5.32 Å². The largest absolute Gasteiger partial charge is 0.350 e. The molecule has 0 saturated heterocycles. The maximum atomic E-state index is 13.2. The molecule has 0 fully saturated rings. The van der Waals surface area contributed by atoms with E-state index >= 15 is 0 Å². The summed E-state index contributed by atoms with van der Waals surface area (Å²) >= 11 is 0. The van der Waals surface area contributed by atoms with Crippen molar-refractivity contribution in [3.63, 3.8) is 0 Å². The first kappa shape index (κ1) is 17.7. The van der Waals surface area contributed by atoms with Crippen LogP contribution in [0.15, 0.2) is 84.6 Å². The number of hydrogen-bond donors (Lipinski definition) is 1. The lowest BCUT2D eigenvalue weighted by Crippen LogP contribution is -2.32. The molecule has 0 bridgehead atoms. The Morgan fingerprint density at radius 3 is 2.07 bits per heavy atom. The fraction of sp³-hybridized carbons (Fsp3) is 0.0435. The van der Waals surface area contributed by atoms with Gasteiger partial charge < -0.3 is 5.32 Å². The van der Waals surface area contributed by atoms with Gasteiger partial charge in [0.2, 0.25) is 0 Å². The smallest absolute Gasteiger partial charge is 0.282 e. The molecule has 4 nitrogen and oxygen atoms in total. The molecule has 0 radical (unpaired) electrons. The molecule has 3 aromatic rings. The van der Waals surface area contributed by atoms with Crippen LogP contribution in [0, 0.1) is 12.7 Å². The van der Waals surface area contributed by atoms with Gasteiger partial charge >= 0.3 is 0 Å². The van der Waals surface area contributed by atoms with E-state index in [1.54, 1.807) is 24.3 Å². The van der Waals surface area contributed by atoms with E-state index < -0.39 is 11.8 Å². The molecule has 1 heterocycles. The van der Waals surface area contributed by atoms with E-state index in [1.807, 2.05) is 37.3 Å². The molecule has 4 rings (SSSR count). The molecule has 2 amide bonds. The molecule has 0 unspecified atom stereocenters. The van der Waals surface area contributed by atoms with Gasteiger partial charge in [-0.15, -0.1) is 0 Å². The predicted octanol–water partition coefficient (Wildman–Crippen LogP) is 4.53. The summed E-state index contributed by atoms with van der Waals surface area (Å²) in [6.45, 7) is 1.94. The van der Waals surface area contributed by atoms with E-state index in [9.17, 15) is 14.0 Å². The van der Waals surface area contributed by atoms with Crippen molar-refractivity contribution in [3.05, 3.63) is 102 Å². The number of halogens is 1.